The smallest absolute Gasteiger partial charge is 0.269 e. The van der Waals surface area contributed by atoms with Crippen molar-refractivity contribution in [3.05, 3.63) is 142 Å². The van der Waals surface area contributed by atoms with Gasteiger partial charge in [0.25, 0.3) is 5.69 Å². The Morgan fingerprint density at radius 2 is 1.70 bits per heavy atom. The van der Waals surface area contributed by atoms with Crippen molar-refractivity contribution in [2.45, 2.75) is 79.8 Å². The number of aryl methyl sites for hydroxylation is 1. The number of aliphatic hydroxyl groups excluding tert-OH is 2. The van der Waals surface area contributed by atoms with Gasteiger partial charge in [-0.1, -0.05) is 30.1 Å². The fourth-order valence-corrected chi connectivity index (χ4v) is 10.9. The molecule has 6 atom stereocenters. The minimum absolute atomic E-state index is 0.0173. The van der Waals surface area contributed by atoms with Crippen LogP contribution in [-0.4, -0.2) is 68.7 Å². The number of unbranched alkanes of at least 4 members (excludes halogenated alkanes) is 2. The van der Waals surface area contributed by atoms with Gasteiger partial charge in [0, 0.05) is 60.5 Å². The number of nitro benzene ring substituents is 1. The molecule has 11 nitrogen and oxygen atoms in total. The molecule has 322 valence electrons. The van der Waals surface area contributed by atoms with Crippen LogP contribution in [0.3, 0.4) is 0 Å². The second-order valence-electron chi connectivity index (χ2n) is 15.7. The third kappa shape index (κ3) is 10.5. The van der Waals surface area contributed by atoms with E-state index in [2.05, 4.69) is 42.1 Å². The number of oxime groups is 1. The first-order chi connectivity index (χ1) is 29.9. The van der Waals surface area contributed by atoms with Crippen molar-refractivity contribution in [2.75, 3.05) is 31.8 Å². The van der Waals surface area contributed by atoms with Crippen molar-refractivity contribution in [1.82, 2.24) is 4.98 Å². The van der Waals surface area contributed by atoms with Crippen LogP contribution in [0.1, 0.15) is 67.6 Å². The maximum absolute atomic E-state index is 11.3. The van der Waals surface area contributed by atoms with Gasteiger partial charge >= 0.3 is 0 Å². The largest absolute Gasteiger partial charge is 0.460 e. The third-order valence-corrected chi connectivity index (χ3v) is 14.0. The number of pyridine rings is 1. The van der Waals surface area contributed by atoms with Gasteiger partial charge in [0.2, 0.25) is 5.79 Å². The summed E-state index contributed by atoms with van der Waals surface area (Å²) in [4.78, 5) is 22.4. The van der Waals surface area contributed by atoms with E-state index in [0.29, 0.717) is 25.0 Å². The maximum atomic E-state index is 11.3. The van der Waals surface area contributed by atoms with Gasteiger partial charge in [0.1, 0.15) is 23.9 Å². The molecule has 2 heterocycles. The Morgan fingerprint density at radius 1 is 0.967 bits per heavy atom. The first-order valence-electron chi connectivity index (χ1n) is 21.1. The fourth-order valence-electron chi connectivity index (χ4n) is 9.09. The zero-order valence-corrected chi connectivity index (χ0v) is 36.2. The van der Waals surface area contributed by atoms with E-state index < -0.39 is 10.7 Å². The van der Waals surface area contributed by atoms with Crippen LogP contribution >= 0.6 is 23.5 Å². The van der Waals surface area contributed by atoms with Gasteiger partial charge in [-0.2, -0.15) is 11.8 Å². The number of allylic oxidation sites excluding steroid dienone is 1. The molecule has 0 amide bonds. The lowest BCUT2D eigenvalue weighted by Crippen LogP contribution is -2.64. The van der Waals surface area contributed by atoms with Crippen LogP contribution in [0, 0.1) is 27.9 Å². The summed E-state index contributed by atoms with van der Waals surface area (Å²) in [6.45, 7) is 4.72. The van der Waals surface area contributed by atoms with E-state index in [1.165, 1.54) is 17.7 Å². The zero-order valence-electron chi connectivity index (χ0n) is 34.6. The monoisotopic (exact) mass is 865 g/mol. The Balaban J connectivity index is 1.35. The average molecular weight is 866 g/mol. The van der Waals surface area contributed by atoms with Crippen LogP contribution in [0.5, 0.6) is 17.2 Å². The number of ether oxygens (including phenoxy) is 3. The Morgan fingerprint density at radius 3 is 2.41 bits per heavy atom. The molecule has 7 rings (SSSR count). The van der Waals surface area contributed by atoms with Gasteiger partial charge in [0.05, 0.1) is 28.4 Å². The van der Waals surface area contributed by atoms with E-state index >= 15 is 0 Å². The number of non-ortho nitro benzene ring substituents is 1. The highest BCUT2D eigenvalue weighted by atomic mass is 32.2. The van der Waals surface area contributed by atoms with Crippen LogP contribution in [0.2, 0.25) is 0 Å². The summed E-state index contributed by atoms with van der Waals surface area (Å²) in [5.41, 5.74) is 4.87. The molecule has 0 bridgehead atoms. The SMILES string of the molecule is C=CCOC12Oc3ccc(Oc4ccc(SC)cc4)cc3C3C(CCCCO)C(CCCCO)C=C(C(=NOCc4ccc([N+](=O)[O-])cc4)CC1SCCc1ccncc1)C32. The number of benzene rings is 3. The topological polar surface area (TPSA) is 146 Å². The number of hydrogen-bond donors (Lipinski definition) is 2. The van der Waals surface area contributed by atoms with Crippen LogP contribution in [0.15, 0.2) is 126 Å². The second-order valence-corrected chi connectivity index (χ2v) is 17.9. The molecule has 1 fully saturated rings. The van der Waals surface area contributed by atoms with Gasteiger partial charge in [0.15, 0.2) is 0 Å². The van der Waals surface area contributed by atoms with E-state index in [0.717, 1.165) is 76.7 Å². The predicted octanol–water partition coefficient (Wildman–Crippen LogP) is 10.3. The lowest BCUT2D eigenvalue weighted by Gasteiger charge is -2.58. The molecule has 4 aromatic rings. The van der Waals surface area contributed by atoms with Crippen LogP contribution in [0.4, 0.5) is 5.69 Å². The number of nitrogens with zero attached hydrogens (tertiary/aromatic N) is 3. The van der Waals surface area contributed by atoms with Crippen molar-refractivity contribution < 1.29 is 34.2 Å². The Hall–Kier alpha value is -4.66. The number of fused-ring (bicyclic) bond motifs is 2. The Kier molecular flexibility index (Phi) is 15.6. The van der Waals surface area contributed by atoms with Crippen LogP contribution in [-0.2, 0) is 22.6 Å². The molecule has 0 radical (unpaired) electrons. The standard InChI is InChI=1S/C48H55N3O8S2/c1-3-27-56-48-45(61-28-22-33-20-23-49-24-21-33)31-43(50-57-32-34-10-12-36(13-11-34)51(54)55)41-29-35(8-4-6-25-52)40(9-5-7-26-53)46(47(41)48)42-30-38(16-19-44(42)59-48)58-37-14-17-39(60-2)18-15-37/h3,10-21,23-24,29-30,35,40,45-47,52-53H,1,4-9,22,25-28,31-32H2,2H3. The lowest BCUT2D eigenvalue weighted by molar-refractivity contribution is -0.384. The molecule has 0 spiro atoms. The van der Waals surface area contributed by atoms with Crippen LogP contribution < -0.4 is 9.47 Å². The molecule has 61 heavy (non-hydrogen) atoms. The van der Waals surface area contributed by atoms with Crippen molar-refractivity contribution >= 4 is 34.9 Å². The number of rotatable bonds is 22. The van der Waals surface area contributed by atoms with Gasteiger partial charge in [-0.25, -0.2) is 0 Å². The van der Waals surface area contributed by atoms with Gasteiger partial charge in [-0.05, 0) is 139 Å². The van der Waals surface area contributed by atoms with Crippen molar-refractivity contribution in [1.29, 1.82) is 0 Å². The van der Waals surface area contributed by atoms with E-state index in [1.54, 1.807) is 30.0 Å². The summed E-state index contributed by atoms with van der Waals surface area (Å²) in [5, 5.41) is 35.9. The number of thioether (sulfide) groups is 2. The summed E-state index contributed by atoms with van der Waals surface area (Å²) in [5.74, 6) is 1.80. The van der Waals surface area contributed by atoms with Crippen LogP contribution in [0.25, 0.3) is 0 Å². The number of aliphatic hydroxyl groups is 2. The van der Waals surface area contributed by atoms with E-state index in [-0.39, 0.29) is 61.0 Å². The molecule has 0 saturated heterocycles. The lowest BCUT2D eigenvalue weighted by atomic mass is 9.56. The molecule has 2 aliphatic carbocycles. The summed E-state index contributed by atoms with van der Waals surface area (Å²) >= 11 is 3.49. The van der Waals surface area contributed by atoms with Gasteiger partial charge in [-0.15, -0.1) is 18.3 Å². The second kappa shape index (κ2) is 21.4. The third-order valence-electron chi connectivity index (χ3n) is 11.9. The molecule has 1 saturated carbocycles. The molecule has 2 N–H and O–H groups in total. The van der Waals surface area contributed by atoms with Crippen molar-refractivity contribution in [3.63, 3.8) is 0 Å². The fraction of sp³-hybridized carbons (Fsp3) is 0.417. The minimum atomic E-state index is -1.10. The number of nitro groups is 1. The highest BCUT2D eigenvalue weighted by Crippen LogP contribution is 2.62. The molecular formula is C48H55N3O8S2. The normalized spacial score (nSPS) is 23.3. The molecule has 3 aliphatic rings. The highest BCUT2D eigenvalue weighted by Gasteiger charge is 2.64. The molecule has 1 aliphatic heterocycles. The number of aromatic nitrogens is 1. The van der Waals surface area contributed by atoms with Gasteiger partial charge in [-0.3, -0.25) is 15.1 Å². The first-order valence-corrected chi connectivity index (χ1v) is 23.4. The van der Waals surface area contributed by atoms with E-state index in [9.17, 15) is 20.3 Å². The summed E-state index contributed by atoms with van der Waals surface area (Å²) < 4.78 is 20.9. The van der Waals surface area contributed by atoms with Crippen molar-refractivity contribution in [2.24, 2.45) is 22.9 Å². The molecular weight excluding hydrogens is 811 g/mol. The Bertz CT molecular complexity index is 2140. The average Bonchev–Trinajstić information content (AvgIpc) is 3.28. The predicted molar refractivity (Wildman–Crippen MR) is 242 cm³/mol. The maximum Gasteiger partial charge on any atom is 0.269 e. The molecule has 13 heteroatoms. The van der Waals surface area contributed by atoms with Gasteiger partial charge < -0.3 is 29.3 Å². The minimum Gasteiger partial charge on any atom is -0.460 e. The number of hydrogen-bond acceptors (Lipinski definition) is 12. The van der Waals surface area contributed by atoms with Crippen molar-refractivity contribution in [3.8, 4) is 17.2 Å². The van der Waals surface area contributed by atoms with E-state index in [1.807, 2.05) is 60.6 Å². The summed E-state index contributed by atoms with van der Waals surface area (Å²) in [6, 6.07) is 24.6. The van der Waals surface area contributed by atoms with E-state index in [4.69, 9.17) is 24.2 Å². The molecule has 3 aromatic carbocycles. The highest BCUT2D eigenvalue weighted by molar-refractivity contribution is 8.00. The zero-order chi connectivity index (χ0) is 42.6. The Labute approximate surface area is 366 Å². The first kappa shape index (κ1) is 44.4. The summed E-state index contributed by atoms with van der Waals surface area (Å²) in [6.07, 6.45) is 16.0. The molecule has 1 aromatic heterocycles. The molecule has 6 unspecified atom stereocenters. The quantitative estimate of drug-likeness (QED) is 0.0256. The summed E-state index contributed by atoms with van der Waals surface area (Å²) in [7, 11) is 0.